The zero-order valence-corrected chi connectivity index (χ0v) is 17.4. The third-order valence-corrected chi connectivity index (χ3v) is 5.13. The summed E-state index contributed by atoms with van der Waals surface area (Å²) in [6.45, 7) is 0. The van der Waals surface area contributed by atoms with Gasteiger partial charge in [0.1, 0.15) is 11.6 Å². The maximum Gasteiger partial charge on any atom is 0.266 e. The zero-order valence-electron chi connectivity index (χ0n) is 15.1. The molecule has 0 aliphatic heterocycles. The van der Waals surface area contributed by atoms with Crippen LogP contribution in [0, 0.1) is 11.3 Å². The number of carbonyl (C=O) groups excluding carboxylic acids is 1. The average molecular weight is 442 g/mol. The van der Waals surface area contributed by atoms with Crippen molar-refractivity contribution in [1.29, 1.82) is 5.26 Å². The van der Waals surface area contributed by atoms with E-state index in [1.807, 2.05) is 42.5 Å². The predicted molar refractivity (Wildman–Crippen MR) is 119 cm³/mol. The Kier molecular flexibility index (Phi) is 6.95. The molecule has 0 saturated carbocycles. The van der Waals surface area contributed by atoms with E-state index < -0.39 is 5.91 Å². The first-order valence-corrected chi connectivity index (χ1v) is 9.80. The molecule has 0 aliphatic rings. The second-order valence-corrected chi connectivity index (χ2v) is 7.50. The van der Waals surface area contributed by atoms with Crippen molar-refractivity contribution in [2.24, 2.45) is 0 Å². The molecule has 0 aromatic heterocycles. The quantitative estimate of drug-likeness (QED) is 0.350. The SMILES string of the molecule is N#C/C(=C\c1ccc(Cc2ccccc2Cl)c(Cl)c1)C(=O)Nc1cccc(Cl)c1. The molecule has 1 amide bonds. The topological polar surface area (TPSA) is 52.9 Å². The van der Waals surface area contributed by atoms with E-state index in [1.165, 1.54) is 6.08 Å². The maximum absolute atomic E-state index is 12.4. The van der Waals surface area contributed by atoms with E-state index in [1.54, 1.807) is 30.3 Å². The lowest BCUT2D eigenvalue weighted by molar-refractivity contribution is -0.112. The minimum atomic E-state index is -0.522. The van der Waals surface area contributed by atoms with Crippen molar-refractivity contribution in [3.05, 3.63) is 104 Å². The van der Waals surface area contributed by atoms with Gasteiger partial charge in [0.25, 0.3) is 5.91 Å². The number of carbonyl (C=O) groups is 1. The predicted octanol–water partition coefficient (Wildman–Crippen LogP) is 6.78. The van der Waals surface area contributed by atoms with Gasteiger partial charge < -0.3 is 5.32 Å². The molecule has 3 aromatic carbocycles. The lowest BCUT2D eigenvalue weighted by atomic mass is 10.0. The van der Waals surface area contributed by atoms with Crippen molar-refractivity contribution in [3.8, 4) is 6.07 Å². The molecule has 0 fully saturated rings. The molecule has 3 aromatic rings. The van der Waals surface area contributed by atoms with Crippen LogP contribution in [0.15, 0.2) is 72.3 Å². The molecule has 0 saturated heterocycles. The standard InChI is InChI=1S/C23H15Cl3N2O/c24-19-5-3-6-20(13-19)28-23(29)18(14-27)10-15-8-9-17(22(26)11-15)12-16-4-1-2-7-21(16)25/h1-11,13H,12H2,(H,28,29)/b18-10+. The summed E-state index contributed by atoms with van der Waals surface area (Å²) in [7, 11) is 0. The molecule has 0 unspecified atom stereocenters. The number of nitriles is 1. The van der Waals surface area contributed by atoms with Crippen LogP contribution < -0.4 is 5.32 Å². The summed E-state index contributed by atoms with van der Waals surface area (Å²) in [6.07, 6.45) is 2.08. The third kappa shape index (κ3) is 5.62. The van der Waals surface area contributed by atoms with Crippen molar-refractivity contribution in [2.75, 3.05) is 5.32 Å². The van der Waals surface area contributed by atoms with Crippen LogP contribution in [0.1, 0.15) is 16.7 Å². The van der Waals surface area contributed by atoms with Gasteiger partial charge in [-0.2, -0.15) is 5.26 Å². The number of nitrogens with zero attached hydrogens (tertiary/aromatic N) is 1. The molecule has 3 nitrogen and oxygen atoms in total. The molecule has 6 heteroatoms. The fourth-order valence-electron chi connectivity index (χ4n) is 2.72. The number of amides is 1. The van der Waals surface area contributed by atoms with Gasteiger partial charge in [0.05, 0.1) is 0 Å². The summed E-state index contributed by atoms with van der Waals surface area (Å²) >= 11 is 18.5. The van der Waals surface area contributed by atoms with Crippen LogP contribution >= 0.6 is 34.8 Å². The normalized spacial score (nSPS) is 11.0. The first-order valence-electron chi connectivity index (χ1n) is 8.67. The molecule has 29 heavy (non-hydrogen) atoms. The lowest BCUT2D eigenvalue weighted by Crippen LogP contribution is -2.13. The van der Waals surface area contributed by atoms with Gasteiger partial charge in [0.15, 0.2) is 0 Å². The van der Waals surface area contributed by atoms with Crippen molar-refractivity contribution in [3.63, 3.8) is 0 Å². The Bertz CT molecular complexity index is 1130. The highest BCUT2D eigenvalue weighted by molar-refractivity contribution is 6.32. The van der Waals surface area contributed by atoms with Crippen LogP contribution in [0.25, 0.3) is 6.08 Å². The van der Waals surface area contributed by atoms with Crippen LogP contribution in [0.3, 0.4) is 0 Å². The molecule has 0 spiro atoms. The number of hydrogen-bond donors (Lipinski definition) is 1. The molecule has 3 rings (SSSR count). The first-order chi connectivity index (χ1) is 14.0. The number of hydrogen-bond acceptors (Lipinski definition) is 2. The van der Waals surface area contributed by atoms with Crippen molar-refractivity contribution >= 4 is 52.5 Å². The highest BCUT2D eigenvalue weighted by Crippen LogP contribution is 2.25. The Hall–Kier alpha value is -2.77. The number of benzene rings is 3. The molecule has 0 radical (unpaired) electrons. The summed E-state index contributed by atoms with van der Waals surface area (Å²) in [5.74, 6) is -0.522. The van der Waals surface area contributed by atoms with Crippen molar-refractivity contribution < 1.29 is 4.79 Å². The fraction of sp³-hybridized carbons (Fsp3) is 0.0435. The van der Waals surface area contributed by atoms with Gasteiger partial charge in [0.2, 0.25) is 0 Å². The van der Waals surface area contributed by atoms with E-state index in [0.717, 1.165) is 11.1 Å². The minimum Gasteiger partial charge on any atom is -0.321 e. The number of anilines is 1. The monoisotopic (exact) mass is 440 g/mol. The maximum atomic E-state index is 12.4. The molecule has 0 bridgehead atoms. The van der Waals surface area contributed by atoms with Crippen LogP contribution in [0.4, 0.5) is 5.69 Å². The van der Waals surface area contributed by atoms with Crippen LogP contribution in [-0.2, 0) is 11.2 Å². The summed E-state index contributed by atoms with van der Waals surface area (Å²) in [5, 5.41) is 13.7. The van der Waals surface area contributed by atoms with Gasteiger partial charge in [-0.3, -0.25) is 4.79 Å². The van der Waals surface area contributed by atoms with Gasteiger partial charge in [-0.1, -0.05) is 71.2 Å². The number of rotatable bonds is 5. The molecule has 0 atom stereocenters. The van der Waals surface area contributed by atoms with Gasteiger partial charge in [0, 0.05) is 27.2 Å². The van der Waals surface area contributed by atoms with Gasteiger partial charge in [-0.25, -0.2) is 0 Å². The van der Waals surface area contributed by atoms with E-state index in [2.05, 4.69) is 5.32 Å². The Morgan fingerprint density at radius 1 is 0.931 bits per heavy atom. The van der Waals surface area contributed by atoms with Crippen LogP contribution in [-0.4, -0.2) is 5.91 Å². The minimum absolute atomic E-state index is 0.0418. The zero-order chi connectivity index (χ0) is 20.8. The Morgan fingerprint density at radius 2 is 1.69 bits per heavy atom. The van der Waals surface area contributed by atoms with E-state index in [0.29, 0.717) is 32.7 Å². The number of nitrogens with one attached hydrogen (secondary N) is 1. The second-order valence-electron chi connectivity index (χ2n) is 6.25. The van der Waals surface area contributed by atoms with Gasteiger partial charge in [-0.05, 0) is 53.1 Å². The van der Waals surface area contributed by atoms with Crippen molar-refractivity contribution in [1.82, 2.24) is 0 Å². The largest absolute Gasteiger partial charge is 0.321 e. The van der Waals surface area contributed by atoms with Gasteiger partial charge >= 0.3 is 0 Å². The Morgan fingerprint density at radius 3 is 2.38 bits per heavy atom. The summed E-state index contributed by atoms with van der Waals surface area (Å²) in [5.41, 5.74) is 2.99. The Balaban J connectivity index is 1.79. The first kappa shape index (κ1) is 21.0. The Labute approximate surface area is 184 Å². The molecule has 0 heterocycles. The highest BCUT2D eigenvalue weighted by Gasteiger charge is 2.11. The summed E-state index contributed by atoms with van der Waals surface area (Å²) in [4.78, 5) is 12.4. The molecular weight excluding hydrogens is 427 g/mol. The summed E-state index contributed by atoms with van der Waals surface area (Å²) < 4.78 is 0. The highest BCUT2D eigenvalue weighted by atomic mass is 35.5. The summed E-state index contributed by atoms with van der Waals surface area (Å²) in [6, 6.07) is 21.6. The smallest absolute Gasteiger partial charge is 0.266 e. The average Bonchev–Trinajstić information content (AvgIpc) is 2.69. The third-order valence-electron chi connectivity index (χ3n) is 4.17. The second kappa shape index (κ2) is 9.62. The molecular formula is C23H15Cl3N2O. The van der Waals surface area contributed by atoms with E-state index in [4.69, 9.17) is 34.8 Å². The van der Waals surface area contributed by atoms with E-state index >= 15 is 0 Å². The molecule has 0 aliphatic carbocycles. The van der Waals surface area contributed by atoms with E-state index in [-0.39, 0.29) is 5.57 Å². The lowest BCUT2D eigenvalue weighted by Gasteiger charge is -2.08. The van der Waals surface area contributed by atoms with Crippen molar-refractivity contribution in [2.45, 2.75) is 6.42 Å². The van der Waals surface area contributed by atoms with Crippen LogP contribution in [0.5, 0.6) is 0 Å². The number of halogens is 3. The van der Waals surface area contributed by atoms with Crippen LogP contribution in [0.2, 0.25) is 15.1 Å². The fourth-order valence-corrected chi connectivity index (χ4v) is 3.37. The molecule has 1 N–H and O–H groups in total. The van der Waals surface area contributed by atoms with E-state index in [9.17, 15) is 10.1 Å². The molecule has 144 valence electrons. The van der Waals surface area contributed by atoms with Gasteiger partial charge in [-0.15, -0.1) is 0 Å².